The predicted molar refractivity (Wildman–Crippen MR) is 120 cm³/mol. The number of amides is 2. The first-order chi connectivity index (χ1) is 16.0. The van der Waals surface area contributed by atoms with Gasteiger partial charge in [0.15, 0.2) is 0 Å². The Morgan fingerprint density at radius 3 is 2.76 bits per heavy atom. The molecule has 8 heteroatoms. The topological polar surface area (TPSA) is 79.9 Å². The first kappa shape index (κ1) is 22.5. The summed E-state index contributed by atoms with van der Waals surface area (Å²) >= 11 is 0. The van der Waals surface area contributed by atoms with Gasteiger partial charge in [0.2, 0.25) is 5.91 Å². The maximum Gasteiger partial charge on any atom is 0.255 e. The van der Waals surface area contributed by atoms with Crippen molar-refractivity contribution in [2.75, 3.05) is 19.8 Å². The van der Waals surface area contributed by atoms with E-state index in [-0.39, 0.29) is 36.3 Å². The van der Waals surface area contributed by atoms with Crippen molar-refractivity contribution in [3.8, 4) is 0 Å². The van der Waals surface area contributed by atoms with Crippen molar-refractivity contribution in [1.82, 2.24) is 15.5 Å². The van der Waals surface area contributed by atoms with Gasteiger partial charge in [0, 0.05) is 55.1 Å². The molecule has 0 aromatic heterocycles. The summed E-state index contributed by atoms with van der Waals surface area (Å²) in [5.41, 5.74) is 1.97. The zero-order valence-corrected chi connectivity index (χ0v) is 18.9. The van der Waals surface area contributed by atoms with Crippen molar-refractivity contribution in [1.29, 1.82) is 0 Å². The molecule has 3 atom stereocenters. The highest BCUT2D eigenvalue weighted by atomic mass is 19.1. The van der Waals surface area contributed by atoms with E-state index in [2.05, 4.69) is 17.2 Å². The Balaban J connectivity index is 1.30. The largest absolute Gasteiger partial charge is 0.381 e. The third kappa shape index (κ3) is 4.56. The molecule has 178 valence electrons. The quantitative estimate of drug-likeness (QED) is 0.710. The predicted octanol–water partition coefficient (Wildman–Crippen LogP) is 2.43. The van der Waals surface area contributed by atoms with Gasteiger partial charge in [0.1, 0.15) is 11.9 Å². The van der Waals surface area contributed by atoms with Crippen LogP contribution in [0.25, 0.3) is 0 Å². The number of benzene rings is 1. The van der Waals surface area contributed by atoms with E-state index in [1.165, 1.54) is 4.90 Å². The molecular formula is C25H32FN3O4. The lowest BCUT2D eigenvalue weighted by molar-refractivity contribution is -0.126. The lowest BCUT2D eigenvalue weighted by Crippen LogP contribution is -2.51. The lowest BCUT2D eigenvalue weighted by atomic mass is 9.93. The lowest BCUT2D eigenvalue weighted by Gasteiger charge is -2.36. The van der Waals surface area contributed by atoms with Crippen LogP contribution < -0.4 is 10.6 Å². The summed E-state index contributed by atoms with van der Waals surface area (Å²) in [6.45, 7) is 6.13. The second-order valence-corrected chi connectivity index (χ2v) is 9.56. The molecule has 0 radical (unpaired) electrons. The van der Waals surface area contributed by atoms with Crippen LogP contribution >= 0.6 is 0 Å². The number of halogens is 1. The molecule has 2 amide bonds. The van der Waals surface area contributed by atoms with Crippen molar-refractivity contribution in [2.24, 2.45) is 0 Å². The number of hydrogen-bond donors (Lipinski definition) is 2. The molecule has 3 saturated heterocycles. The molecule has 0 bridgehead atoms. The summed E-state index contributed by atoms with van der Waals surface area (Å²) in [6, 6.07) is 3.41. The number of nitrogens with one attached hydrogen (secondary N) is 2. The summed E-state index contributed by atoms with van der Waals surface area (Å²) in [7, 11) is 0. The van der Waals surface area contributed by atoms with E-state index < -0.39 is 6.04 Å². The number of rotatable bonds is 5. The van der Waals surface area contributed by atoms with Crippen LogP contribution in [-0.4, -0.2) is 60.8 Å². The molecular weight excluding hydrogens is 425 g/mol. The minimum Gasteiger partial charge on any atom is -0.381 e. The van der Waals surface area contributed by atoms with E-state index >= 15 is 4.39 Å². The van der Waals surface area contributed by atoms with Gasteiger partial charge in [-0.25, -0.2) is 4.39 Å². The molecule has 1 aromatic rings. The Morgan fingerprint density at radius 2 is 1.97 bits per heavy atom. The minimum atomic E-state index is -0.590. The van der Waals surface area contributed by atoms with Gasteiger partial charge in [-0.2, -0.15) is 0 Å². The molecule has 2 N–H and O–H groups in total. The second-order valence-electron chi connectivity index (χ2n) is 9.56. The molecule has 0 spiro atoms. The highest BCUT2D eigenvalue weighted by molar-refractivity contribution is 6.01. The number of carbonyl (C=O) groups excluding carboxylic acids is 2. The SMILES string of the molecule is C=C1CCC(N2Cc3c(ccc(C[C@H]4OCCC[C@@H]4NC4CCOCC4)c3F)C2=O)C(=O)N1. The van der Waals surface area contributed by atoms with Gasteiger partial charge in [0.25, 0.3) is 5.91 Å². The van der Waals surface area contributed by atoms with Crippen molar-refractivity contribution < 1.29 is 23.5 Å². The maximum atomic E-state index is 15.6. The number of nitrogens with zero attached hydrogens (tertiary/aromatic N) is 1. The normalized spacial score (nSPS) is 28.7. The van der Waals surface area contributed by atoms with E-state index in [9.17, 15) is 9.59 Å². The van der Waals surface area contributed by atoms with E-state index in [1.54, 1.807) is 12.1 Å². The molecule has 4 aliphatic rings. The molecule has 7 nitrogen and oxygen atoms in total. The van der Waals surface area contributed by atoms with Crippen LogP contribution in [0.1, 0.15) is 60.0 Å². The Hall–Kier alpha value is -2.29. The number of piperidine rings is 1. The molecule has 0 aliphatic carbocycles. The van der Waals surface area contributed by atoms with Gasteiger partial charge in [-0.15, -0.1) is 0 Å². The summed E-state index contributed by atoms with van der Waals surface area (Å²) in [5.74, 6) is -0.871. The van der Waals surface area contributed by atoms with Gasteiger partial charge < -0.3 is 25.0 Å². The standard InChI is InChI=1S/C25H32FN3O4/c1-15-4-7-21(24(30)27-15)29-14-19-18(25(29)31)6-5-16(23(19)26)13-22-20(3-2-10-33-22)28-17-8-11-32-12-9-17/h5-6,17,20-22,28H,1-4,7-14H2,(H,27,30)/t20-,21?,22+/m0/s1. The Morgan fingerprint density at radius 1 is 1.15 bits per heavy atom. The molecule has 1 unspecified atom stereocenters. The van der Waals surface area contributed by atoms with Crippen molar-refractivity contribution in [3.63, 3.8) is 0 Å². The van der Waals surface area contributed by atoms with E-state index in [1.807, 2.05) is 0 Å². The molecule has 4 heterocycles. The second kappa shape index (κ2) is 9.52. The Bertz CT molecular complexity index is 946. The fourth-order valence-corrected chi connectivity index (χ4v) is 5.51. The van der Waals surface area contributed by atoms with E-state index in [0.29, 0.717) is 54.3 Å². The van der Waals surface area contributed by atoms with E-state index in [0.717, 1.165) is 38.9 Å². The third-order valence-electron chi connectivity index (χ3n) is 7.37. The Labute approximate surface area is 193 Å². The molecule has 1 aromatic carbocycles. The van der Waals surface area contributed by atoms with Crippen molar-refractivity contribution in [2.45, 2.75) is 75.7 Å². The number of carbonyl (C=O) groups is 2. The van der Waals surface area contributed by atoms with Gasteiger partial charge in [-0.05, 0) is 50.2 Å². The molecule has 5 rings (SSSR count). The Kier molecular flexibility index (Phi) is 6.49. The van der Waals surface area contributed by atoms with Gasteiger partial charge in [-0.1, -0.05) is 12.6 Å². The average Bonchev–Trinajstić information content (AvgIpc) is 3.14. The van der Waals surface area contributed by atoms with E-state index in [4.69, 9.17) is 9.47 Å². The zero-order valence-electron chi connectivity index (χ0n) is 18.9. The van der Waals surface area contributed by atoms with Gasteiger partial charge in [0.05, 0.1) is 12.6 Å². The van der Waals surface area contributed by atoms with Crippen molar-refractivity contribution >= 4 is 11.8 Å². The average molecular weight is 458 g/mol. The summed E-state index contributed by atoms with van der Waals surface area (Å²) in [6.07, 6.45) is 5.42. The maximum absolute atomic E-state index is 15.6. The smallest absolute Gasteiger partial charge is 0.255 e. The molecule has 4 aliphatic heterocycles. The fraction of sp³-hybridized carbons (Fsp3) is 0.600. The van der Waals surface area contributed by atoms with Gasteiger partial charge in [-0.3, -0.25) is 9.59 Å². The van der Waals surface area contributed by atoms with Gasteiger partial charge >= 0.3 is 0 Å². The number of hydrogen-bond acceptors (Lipinski definition) is 5. The first-order valence-electron chi connectivity index (χ1n) is 12.1. The number of fused-ring (bicyclic) bond motifs is 1. The van der Waals surface area contributed by atoms with Crippen LogP contribution in [0.5, 0.6) is 0 Å². The zero-order chi connectivity index (χ0) is 22.9. The first-order valence-corrected chi connectivity index (χ1v) is 12.1. The highest BCUT2D eigenvalue weighted by Crippen LogP contribution is 2.32. The molecule has 3 fully saturated rings. The van der Waals surface area contributed by atoms with Crippen LogP contribution in [0.15, 0.2) is 24.4 Å². The van der Waals surface area contributed by atoms with Crippen LogP contribution in [0.4, 0.5) is 4.39 Å². The van der Waals surface area contributed by atoms with Crippen LogP contribution in [-0.2, 0) is 27.2 Å². The monoisotopic (exact) mass is 457 g/mol. The summed E-state index contributed by atoms with van der Waals surface area (Å²) in [5, 5.41) is 6.44. The summed E-state index contributed by atoms with van der Waals surface area (Å²) < 4.78 is 27.1. The fourth-order valence-electron chi connectivity index (χ4n) is 5.51. The van der Waals surface area contributed by atoms with Crippen LogP contribution in [0.2, 0.25) is 0 Å². The number of allylic oxidation sites excluding steroid dienone is 1. The van der Waals surface area contributed by atoms with Crippen LogP contribution in [0.3, 0.4) is 0 Å². The highest BCUT2D eigenvalue weighted by Gasteiger charge is 2.40. The summed E-state index contributed by atoms with van der Waals surface area (Å²) in [4.78, 5) is 26.9. The van der Waals surface area contributed by atoms with Crippen molar-refractivity contribution in [3.05, 3.63) is 46.9 Å². The molecule has 0 saturated carbocycles. The molecule has 33 heavy (non-hydrogen) atoms. The minimum absolute atomic E-state index is 0.113. The third-order valence-corrected chi connectivity index (χ3v) is 7.37. The van der Waals surface area contributed by atoms with Crippen LogP contribution in [0, 0.1) is 5.82 Å². The number of ether oxygens (including phenoxy) is 2.